The van der Waals surface area contributed by atoms with E-state index in [9.17, 15) is 4.79 Å². The Morgan fingerprint density at radius 3 is 2.76 bits per heavy atom. The zero-order valence-electron chi connectivity index (χ0n) is 14.3. The highest BCUT2D eigenvalue weighted by atomic mass is 16.5. The molecule has 2 amide bonds. The summed E-state index contributed by atoms with van der Waals surface area (Å²) >= 11 is 0. The van der Waals surface area contributed by atoms with Gasteiger partial charge in [-0.3, -0.25) is 0 Å². The van der Waals surface area contributed by atoms with Crippen molar-refractivity contribution in [2.75, 3.05) is 26.3 Å². The van der Waals surface area contributed by atoms with E-state index in [2.05, 4.69) is 35.6 Å². The van der Waals surface area contributed by atoms with Gasteiger partial charge in [-0.2, -0.15) is 0 Å². The van der Waals surface area contributed by atoms with E-state index in [1.54, 1.807) is 0 Å². The summed E-state index contributed by atoms with van der Waals surface area (Å²) in [6.07, 6.45) is 2.24. The van der Waals surface area contributed by atoms with Crippen molar-refractivity contribution >= 4 is 16.8 Å². The molecule has 2 saturated heterocycles. The third kappa shape index (κ3) is 3.78. The van der Waals surface area contributed by atoms with Gasteiger partial charge in [0.25, 0.3) is 0 Å². The van der Waals surface area contributed by atoms with Crippen LogP contribution in [0.1, 0.15) is 18.4 Å². The molecule has 2 atom stereocenters. The number of nitrogens with one attached hydrogen (secondary N) is 1. The van der Waals surface area contributed by atoms with E-state index in [1.165, 1.54) is 10.8 Å². The summed E-state index contributed by atoms with van der Waals surface area (Å²) in [7, 11) is 0. The minimum atomic E-state index is -0.0283. The van der Waals surface area contributed by atoms with Crippen LogP contribution in [0, 0.1) is 0 Å². The smallest absolute Gasteiger partial charge is 0.317 e. The quantitative estimate of drug-likeness (QED) is 0.935. The third-order valence-electron chi connectivity index (χ3n) is 5.02. The Balaban J connectivity index is 1.34. The van der Waals surface area contributed by atoms with Gasteiger partial charge in [0.15, 0.2) is 0 Å². The van der Waals surface area contributed by atoms with E-state index in [-0.39, 0.29) is 18.2 Å². The van der Waals surface area contributed by atoms with Crippen LogP contribution in [-0.2, 0) is 16.0 Å². The lowest BCUT2D eigenvalue weighted by molar-refractivity contribution is -0.0849. The maximum atomic E-state index is 12.5. The zero-order valence-corrected chi connectivity index (χ0v) is 14.3. The number of fused-ring (bicyclic) bond motifs is 1. The van der Waals surface area contributed by atoms with Crippen molar-refractivity contribution in [2.45, 2.75) is 31.6 Å². The number of nitrogens with zero attached hydrogens (tertiary/aromatic N) is 1. The van der Waals surface area contributed by atoms with Crippen LogP contribution >= 0.6 is 0 Å². The Bertz CT molecular complexity index is 743. The Labute approximate surface area is 147 Å². The summed E-state index contributed by atoms with van der Waals surface area (Å²) in [6.45, 7) is 3.15. The van der Waals surface area contributed by atoms with Gasteiger partial charge in [0, 0.05) is 19.7 Å². The maximum Gasteiger partial charge on any atom is 0.317 e. The number of hydrogen-bond acceptors (Lipinski definition) is 3. The van der Waals surface area contributed by atoms with Gasteiger partial charge >= 0.3 is 6.03 Å². The van der Waals surface area contributed by atoms with Crippen LogP contribution in [0.4, 0.5) is 4.79 Å². The van der Waals surface area contributed by atoms with Gasteiger partial charge in [0.1, 0.15) is 6.10 Å². The predicted octanol–water partition coefficient (Wildman–Crippen LogP) is 2.93. The number of carbonyl (C=O) groups excluding carboxylic acids is 1. The molecule has 2 aromatic carbocycles. The van der Waals surface area contributed by atoms with Crippen LogP contribution in [0.3, 0.4) is 0 Å². The van der Waals surface area contributed by atoms with Crippen LogP contribution in [0.5, 0.6) is 0 Å². The summed E-state index contributed by atoms with van der Waals surface area (Å²) in [5.41, 5.74) is 1.11. The Morgan fingerprint density at radius 1 is 1.08 bits per heavy atom. The van der Waals surface area contributed by atoms with E-state index in [0.717, 1.165) is 25.0 Å². The average Bonchev–Trinajstić information content (AvgIpc) is 3.21. The molecular weight excluding hydrogens is 316 g/mol. The second-order valence-electron chi connectivity index (χ2n) is 6.75. The van der Waals surface area contributed by atoms with Crippen LogP contribution < -0.4 is 5.32 Å². The number of hydrogen-bond donors (Lipinski definition) is 1. The molecule has 0 unspecified atom stereocenters. The van der Waals surface area contributed by atoms with Crippen molar-refractivity contribution in [1.29, 1.82) is 0 Å². The van der Waals surface area contributed by atoms with Gasteiger partial charge in [-0.15, -0.1) is 0 Å². The topological polar surface area (TPSA) is 50.8 Å². The SMILES string of the molecule is O=C(NCc1ccc2ccccc2c1)N1CCO[C@@H]([C@@H]2CCCO2)C1. The number of amides is 2. The zero-order chi connectivity index (χ0) is 17.1. The second kappa shape index (κ2) is 7.42. The third-order valence-corrected chi connectivity index (χ3v) is 5.02. The summed E-state index contributed by atoms with van der Waals surface area (Å²) in [5, 5.41) is 5.44. The molecule has 132 valence electrons. The Morgan fingerprint density at radius 2 is 1.92 bits per heavy atom. The molecule has 0 bridgehead atoms. The fraction of sp³-hybridized carbons (Fsp3) is 0.450. The van der Waals surface area contributed by atoms with Crippen LogP contribution in [-0.4, -0.2) is 49.4 Å². The van der Waals surface area contributed by atoms with Gasteiger partial charge in [0.05, 0.1) is 19.3 Å². The molecule has 5 heteroatoms. The average molecular weight is 340 g/mol. The highest BCUT2D eigenvalue weighted by Crippen LogP contribution is 2.21. The van der Waals surface area contributed by atoms with E-state index in [0.29, 0.717) is 26.2 Å². The summed E-state index contributed by atoms with van der Waals surface area (Å²) in [4.78, 5) is 14.4. The first-order chi connectivity index (χ1) is 12.3. The molecule has 0 aromatic heterocycles. The molecule has 4 rings (SSSR count). The number of rotatable bonds is 3. The lowest BCUT2D eigenvalue weighted by Gasteiger charge is -2.35. The molecule has 0 radical (unpaired) electrons. The fourth-order valence-electron chi connectivity index (χ4n) is 3.62. The maximum absolute atomic E-state index is 12.5. The molecule has 2 aliphatic rings. The second-order valence-corrected chi connectivity index (χ2v) is 6.75. The molecule has 0 aliphatic carbocycles. The van der Waals surface area contributed by atoms with Gasteiger partial charge in [-0.25, -0.2) is 4.79 Å². The minimum Gasteiger partial charge on any atom is -0.375 e. The van der Waals surface area contributed by atoms with Gasteiger partial charge < -0.3 is 19.7 Å². The molecule has 2 fully saturated rings. The highest BCUT2D eigenvalue weighted by molar-refractivity contribution is 5.83. The van der Waals surface area contributed by atoms with Crippen molar-refractivity contribution < 1.29 is 14.3 Å². The lowest BCUT2D eigenvalue weighted by Crippen LogP contribution is -2.52. The Kier molecular flexibility index (Phi) is 4.85. The number of carbonyl (C=O) groups is 1. The minimum absolute atomic E-state index is 0.00247. The normalized spacial score (nSPS) is 23.8. The van der Waals surface area contributed by atoms with Crippen molar-refractivity contribution in [1.82, 2.24) is 10.2 Å². The van der Waals surface area contributed by atoms with Crippen molar-refractivity contribution in [2.24, 2.45) is 0 Å². The molecule has 2 aromatic rings. The molecular formula is C20H24N2O3. The predicted molar refractivity (Wildman–Crippen MR) is 96.5 cm³/mol. The molecule has 5 nitrogen and oxygen atoms in total. The van der Waals surface area contributed by atoms with Crippen LogP contribution in [0.25, 0.3) is 10.8 Å². The van der Waals surface area contributed by atoms with E-state index < -0.39 is 0 Å². The number of ether oxygens (including phenoxy) is 2. The summed E-state index contributed by atoms with van der Waals surface area (Å²) in [5.74, 6) is 0. The molecule has 1 N–H and O–H groups in total. The standard InChI is InChI=1S/C20H24N2O3/c23-20(22-9-11-25-19(14-22)18-6-3-10-24-18)21-13-15-7-8-16-4-1-2-5-17(16)12-15/h1-2,4-5,7-8,12,18-19H,3,6,9-11,13-14H2,(H,21,23)/t18-,19+/m0/s1. The largest absolute Gasteiger partial charge is 0.375 e. The molecule has 2 heterocycles. The first-order valence-corrected chi connectivity index (χ1v) is 9.03. The fourth-order valence-corrected chi connectivity index (χ4v) is 3.62. The highest BCUT2D eigenvalue weighted by Gasteiger charge is 2.32. The van der Waals surface area contributed by atoms with Crippen LogP contribution in [0.15, 0.2) is 42.5 Å². The van der Waals surface area contributed by atoms with E-state index >= 15 is 0 Å². The van der Waals surface area contributed by atoms with Crippen molar-refractivity contribution in [3.8, 4) is 0 Å². The molecule has 25 heavy (non-hydrogen) atoms. The van der Waals surface area contributed by atoms with Gasteiger partial charge in [0.2, 0.25) is 0 Å². The first kappa shape index (κ1) is 16.4. The first-order valence-electron chi connectivity index (χ1n) is 9.03. The Hall–Kier alpha value is -2.11. The monoisotopic (exact) mass is 340 g/mol. The summed E-state index contributed by atoms with van der Waals surface area (Å²) in [6, 6.07) is 14.5. The van der Waals surface area contributed by atoms with Gasteiger partial charge in [-0.05, 0) is 35.2 Å². The number of urea groups is 1. The molecule has 0 saturated carbocycles. The lowest BCUT2D eigenvalue weighted by atomic mass is 10.1. The molecule has 2 aliphatic heterocycles. The molecule has 0 spiro atoms. The summed E-state index contributed by atoms with van der Waals surface area (Å²) < 4.78 is 11.5. The van der Waals surface area contributed by atoms with Crippen molar-refractivity contribution in [3.63, 3.8) is 0 Å². The number of benzene rings is 2. The van der Waals surface area contributed by atoms with E-state index in [4.69, 9.17) is 9.47 Å². The van der Waals surface area contributed by atoms with E-state index in [1.807, 2.05) is 17.0 Å². The van der Waals surface area contributed by atoms with Crippen LogP contribution in [0.2, 0.25) is 0 Å². The van der Waals surface area contributed by atoms with Crippen molar-refractivity contribution in [3.05, 3.63) is 48.0 Å². The number of morpholine rings is 1. The van der Waals surface area contributed by atoms with Gasteiger partial charge in [-0.1, -0.05) is 36.4 Å².